The molecule has 5 nitrogen and oxygen atoms in total. The van der Waals surface area contributed by atoms with Gasteiger partial charge in [-0.2, -0.15) is 0 Å². The van der Waals surface area contributed by atoms with Crippen molar-refractivity contribution in [2.24, 2.45) is 0 Å². The molecule has 22 heavy (non-hydrogen) atoms. The highest BCUT2D eigenvalue weighted by atomic mass is 32.2. The van der Waals surface area contributed by atoms with Gasteiger partial charge in [-0.1, -0.05) is 0 Å². The van der Waals surface area contributed by atoms with Crippen molar-refractivity contribution in [3.05, 3.63) is 29.6 Å². The van der Waals surface area contributed by atoms with E-state index < -0.39 is 15.8 Å². The van der Waals surface area contributed by atoms with Gasteiger partial charge >= 0.3 is 0 Å². The molecule has 1 aliphatic heterocycles. The number of benzene rings is 1. The Morgan fingerprint density at radius 1 is 1.45 bits per heavy atom. The molecule has 0 amide bonds. The predicted molar refractivity (Wildman–Crippen MR) is 82.8 cm³/mol. The number of nitrogens with one attached hydrogen (secondary N) is 1. The summed E-state index contributed by atoms with van der Waals surface area (Å²) >= 11 is 0. The number of aryl methyl sites for hydroxylation is 1. The SMILES string of the molecule is COCCN1CCCC(NS(=O)(=O)c2ccc(F)c(C)c2)C1. The first kappa shape index (κ1) is 17.3. The number of hydrogen-bond donors (Lipinski definition) is 1. The summed E-state index contributed by atoms with van der Waals surface area (Å²) in [5, 5.41) is 0. The van der Waals surface area contributed by atoms with E-state index in [-0.39, 0.29) is 10.9 Å². The van der Waals surface area contributed by atoms with E-state index in [0.29, 0.717) is 18.7 Å². The van der Waals surface area contributed by atoms with Gasteiger partial charge in [-0.3, -0.25) is 4.90 Å². The maximum Gasteiger partial charge on any atom is 0.240 e. The number of ether oxygens (including phenoxy) is 1. The first-order chi connectivity index (χ1) is 10.4. The predicted octanol–water partition coefficient (Wildman–Crippen LogP) is 1.52. The maximum atomic E-state index is 13.3. The van der Waals surface area contributed by atoms with Crippen molar-refractivity contribution in [2.75, 3.05) is 33.4 Å². The average Bonchev–Trinajstić information content (AvgIpc) is 2.47. The van der Waals surface area contributed by atoms with Crippen LogP contribution in [-0.4, -0.2) is 52.7 Å². The number of likely N-dealkylation sites (tertiary alicyclic amines) is 1. The van der Waals surface area contributed by atoms with Crippen LogP contribution in [0, 0.1) is 12.7 Å². The Morgan fingerprint density at radius 2 is 2.23 bits per heavy atom. The largest absolute Gasteiger partial charge is 0.383 e. The number of sulfonamides is 1. The van der Waals surface area contributed by atoms with Gasteiger partial charge in [0, 0.05) is 26.2 Å². The van der Waals surface area contributed by atoms with Gasteiger partial charge in [0.05, 0.1) is 11.5 Å². The van der Waals surface area contributed by atoms with E-state index in [4.69, 9.17) is 4.74 Å². The van der Waals surface area contributed by atoms with Gasteiger partial charge in [0.25, 0.3) is 0 Å². The third kappa shape index (κ3) is 4.49. The van der Waals surface area contributed by atoms with Crippen LogP contribution in [0.4, 0.5) is 4.39 Å². The average molecular weight is 330 g/mol. The second kappa shape index (κ2) is 7.50. The smallest absolute Gasteiger partial charge is 0.240 e. The number of piperidine rings is 1. The molecule has 1 unspecified atom stereocenters. The molecule has 1 atom stereocenters. The molecule has 124 valence electrons. The fourth-order valence-electron chi connectivity index (χ4n) is 2.65. The van der Waals surface area contributed by atoms with Crippen LogP contribution < -0.4 is 4.72 Å². The molecule has 2 rings (SSSR count). The fraction of sp³-hybridized carbons (Fsp3) is 0.600. The molecule has 1 aliphatic rings. The van der Waals surface area contributed by atoms with Crippen molar-refractivity contribution in [3.8, 4) is 0 Å². The molecule has 0 bridgehead atoms. The Balaban J connectivity index is 2.03. The van der Waals surface area contributed by atoms with E-state index in [1.165, 1.54) is 18.2 Å². The molecule has 1 aromatic carbocycles. The minimum Gasteiger partial charge on any atom is -0.383 e. The highest BCUT2D eigenvalue weighted by Crippen LogP contribution is 2.17. The number of rotatable bonds is 6. The molecule has 0 aliphatic carbocycles. The van der Waals surface area contributed by atoms with Crippen molar-refractivity contribution >= 4 is 10.0 Å². The maximum absolute atomic E-state index is 13.3. The van der Waals surface area contributed by atoms with E-state index in [2.05, 4.69) is 9.62 Å². The molecular formula is C15H23FN2O3S. The van der Waals surface area contributed by atoms with E-state index >= 15 is 0 Å². The van der Waals surface area contributed by atoms with Crippen molar-refractivity contribution in [1.29, 1.82) is 0 Å². The van der Waals surface area contributed by atoms with E-state index in [1.807, 2.05) is 0 Å². The normalized spacial score (nSPS) is 20.2. The second-order valence-electron chi connectivity index (χ2n) is 5.66. The number of methoxy groups -OCH3 is 1. The van der Waals surface area contributed by atoms with Crippen LogP contribution in [0.2, 0.25) is 0 Å². The summed E-state index contributed by atoms with van der Waals surface area (Å²) in [6.07, 6.45) is 1.75. The summed E-state index contributed by atoms with van der Waals surface area (Å²) in [7, 11) is -1.96. The fourth-order valence-corrected chi connectivity index (χ4v) is 3.99. The first-order valence-electron chi connectivity index (χ1n) is 7.42. The third-order valence-electron chi connectivity index (χ3n) is 3.88. The van der Waals surface area contributed by atoms with Crippen molar-refractivity contribution in [1.82, 2.24) is 9.62 Å². The molecule has 7 heteroatoms. The molecule has 0 radical (unpaired) electrons. The lowest BCUT2D eigenvalue weighted by atomic mass is 10.1. The zero-order valence-corrected chi connectivity index (χ0v) is 13.8. The van der Waals surface area contributed by atoms with Crippen LogP contribution in [0.15, 0.2) is 23.1 Å². The summed E-state index contributed by atoms with van der Waals surface area (Å²) in [5.74, 6) is -0.401. The minimum absolute atomic E-state index is 0.111. The quantitative estimate of drug-likeness (QED) is 0.859. The molecule has 0 spiro atoms. The molecule has 1 fully saturated rings. The number of nitrogens with zero attached hydrogens (tertiary/aromatic N) is 1. The van der Waals surface area contributed by atoms with Gasteiger partial charge in [0.15, 0.2) is 0 Å². The Morgan fingerprint density at radius 3 is 2.91 bits per heavy atom. The monoisotopic (exact) mass is 330 g/mol. The Kier molecular flexibility index (Phi) is 5.91. The van der Waals surface area contributed by atoms with E-state index in [0.717, 1.165) is 25.9 Å². The Hall–Kier alpha value is -1.02. The summed E-state index contributed by atoms with van der Waals surface area (Å²) in [6.45, 7) is 4.61. The van der Waals surface area contributed by atoms with Gasteiger partial charge in [-0.05, 0) is 50.1 Å². The summed E-state index contributed by atoms with van der Waals surface area (Å²) < 4.78 is 45.9. The Labute approximate surface area is 131 Å². The molecule has 1 aromatic rings. The Bertz CT molecular complexity index is 607. The van der Waals surface area contributed by atoms with Crippen LogP contribution in [0.3, 0.4) is 0 Å². The van der Waals surface area contributed by atoms with Crippen LogP contribution in [0.5, 0.6) is 0 Å². The lowest BCUT2D eigenvalue weighted by molar-refractivity contribution is 0.126. The summed E-state index contributed by atoms with van der Waals surface area (Å²) in [5.41, 5.74) is 0.327. The van der Waals surface area contributed by atoms with Gasteiger partial charge in [0.1, 0.15) is 5.82 Å². The second-order valence-corrected chi connectivity index (χ2v) is 7.38. The van der Waals surface area contributed by atoms with Gasteiger partial charge in [-0.25, -0.2) is 17.5 Å². The van der Waals surface area contributed by atoms with Gasteiger partial charge in [-0.15, -0.1) is 0 Å². The van der Waals surface area contributed by atoms with E-state index in [1.54, 1.807) is 14.0 Å². The van der Waals surface area contributed by atoms with Gasteiger partial charge in [0.2, 0.25) is 10.0 Å². The topological polar surface area (TPSA) is 58.6 Å². The number of halogens is 1. The summed E-state index contributed by atoms with van der Waals surface area (Å²) in [6, 6.07) is 3.73. The molecular weight excluding hydrogens is 307 g/mol. The zero-order chi connectivity index (χ0) is 16.2. The standard InChI is InChI=1S/C15H23FN2O3S/c1-12-10-14(5-6-15(12)16)22(19,20)17-13-4-3-7-18(11-13)8-9-21-2/h5-6,10,13,17H,3-4,7-9,11H2,1-2H3. The van der Waals surface area contributed by atoms with E-state index in [9.17, 15) is 12.8 Å². The van der Waals surface area contributed by atoms with Crippen LogP contribution >= 0.6 is 0 Å². The minimum atomic E-state index is -3.62. The number of hydrogen-bond acceptors (Lipinski definition) is 4. The molecule has 1 saturated heterocycles. The first-order valence-corrected chi connectivity index (χ1v) is 8.90. The van der Waals surface area contributed by atoms with Crippen LogP contribution in [-0.2, 0) is 14.8 Å². The molecule has 0 saturated carbocycles. The van der Waals surface area contributed by atoms with Crippen LogP contribution in [0.1, 0.15) is 18.4 Å². The highest BCUT2D eigenvalue weighted by Gasteiger charge is 2.25. The molecule has 0 aromatic heterocycles. The van der Waals surface area contributed by atoms with Crippen molar-refractivity contribution < 1.29 is 17.5 Å². The third-order valence-corrected chi connectivity index (χ3v) is 5.40. The van der Waals surface area contributed by atoms with Crippen LogP contribution in [0.25, 0.3) is 0 Å². The zero-order valence-electron chi connectivity index (χ0n) is 13.0. The summed E-state index contributed by atoms with van der Waals surface area (Å²) in [4.78, 5) is 2.30. The lowest BCUT2D eigenvalue weighted by Crippen LogP contribution is -2.48. The lowest BCUT2D eigenvalue weighted by Gasteiger charge is -2.32. The van der Waals surface area contributed by atoms with Gasteiger partial charge < -0.3 is 4.74 Å². The molecule has 1 heterocycles. The van der Waals surface area contributed by atoms with Crippen molar-refractivity contribution in [2.45, 2.75) is 30.7 Å². The van der Waals surface area contributed by atoms with Crippen molar-refractivity contribution in [3.63, 3.8) is 0 Å². The molecule has 1 N–H and O–H groups in total. The highest BCUT2D eigenvalue weighted by molar-refractivity contribution is 7.89.